The molecule has 7 rings (SSSR count). The molecule has 0 atom stereocenters. The van der Waals surface area contributed by atoms with Crippen LogP contribution in [0.3, 0.4) is 0 Å². The molecule has 0 fully saturated rings. The molecular formula is C42H40N6. The summed E-state index contributed by atoms with van der Waals surface area (Å²) in [7, 11) is 0. The number of aromatic nitrogens is 6. The van der Waals surface area contributed by atoms with Gasteiger partial charge in [0.2, 0.25) is 0 Å². The average molecular weight is 629 g/mol. The molecule has 2 aromatic heterocycles. The van der Waals surface area contributed by atoms with Crippen LogP contribution in [-0.4, -0.2) is 29.5 Å². The summed E-state index contributed by atoms with van der Waals surface area (Å²) in [5.74, 6) is 3.14. The van der Waals surface area contributed by atoms with Gasteiger partial charge in [-0.15, -0.1) is 20.4 Å². The van der Waals surface area contributed by atoms with Crippen molar-refractivity contribution in [3.05, 3.63) is 145 Å². The summed E-state index contributed by atoms with van der Waals surface area (Å²) in [4.78, 5) is 0. The zero-order valence-electron chi connectivity index (χ0n) is 28.4. The van der Waals surface area contributed by atoms with Crippen molar-refractivity contribution in [1.29, 1.82) is 0 Å². The third kappa shape index (κ3) is 5.97. The molecule has 0 aliphatic heterocycles. The largest absolute Gasteiger partial charge is 0.275 e. The minimum Gasteiger partial charge on any atom is -0.275 e. The second-order valence-electron chi connectivity index (χ2n) is 14.3. The number of benzene rings is 5. The molecule has 0 saturated heterocycles. The van der Waals surface area contributed by atoms with Crippen molar-refractivity contribution in [3.63, 3.8) is 0 Å². The molecule has 0 N–H and O–H groups in total. The average Bonchev–Trinajstić information content (AvgIpc) is 3.74. The summed E-state index contributed by atoms with van der Waals surface area (Å²) in [5, 5.41) is 18.9. The first-order chi connectivity index (χ1) is 23.1. The fraction of sp³-hybridized carbons (Fsp3) is 0.190. The van der Waals surface area contributed by atoms with E-state index in [4.69, 9.17) is 20.4 Å². The van der Waals surface area contributed by atoms with Crippen LogP contribution < -0.4 is 0 Å². The second-order valence-corrected chi connectivity index (χ2v) is 14.3. The van der Waals surface area contributed by atoms with Crippen LogP contribution in [0.4, 0.5) is 0 Å². The monoisotopic (exact) mass is 628 g/mol. The van der Waals surface area contributed by atoms with E-state index in [1.807, 2.05) is 36.4 Å². The lowest BCUT2D eigenvalue weighted by Gasteiger charge is -2.19. The summed E-state index contributed by atoms with van der Waals surface area (Å²) < 4.78 is 4.26. The van der Waals surface area contributed by atoms with E-state index in [2.05, 4.69) is 148 Å². The smallest absolute Gasteiger partial charge is 0.168 e. The van der Waals surface area contributed by atoms with Gasteiger partial charge in [-0.25, -0.2) is 0 Å². The highest BCUT2D eigenvalue weighted by Crippen LogP contribution is 2.34. The van der Waals surface area contributed by atoms with Crippen LogP contribution in [0.1, 0.15) is 52.7 Å². The zero-order chi connectivity index (χ0) is 33.5. The van der Waals surface area contributed by atoms with Crippen molar-refractivity contribution in [2.45, 2.75) is 52.4 Å². The first-order valence-electron chi connectivity index (χ1n) is 16.4. The Labute approximate surface area is 282 Å². The number of rotatable bonds is 6. The second kappa shape index (κ2) is 12.2. The molecule has 7 aromatic rings. The molecule has 0 aliphatic carbocycles. The number of nitrogens with zero attached hydrogens (tertiary/aromatic N) is 6. The minimum atomic E-state index is 0.0704. The van der Waals surface area contributed by atoms with E-state index in [0.29, 0.717) is 0 Å². The van der Waals surface area contributed by atoms with Crippen LogP contribution >= 0.6 is 0 Å². The molecule has 0 unspecified atom stereocenters. The van der Waals surface area contributed by atoms with Gasteiger partial charge in [-0.1, -0.05) is 151 Å². The Balaban J connectivity index is 1.29. The summed E-state index contributed by atoms with van der Waals surface area (Å²) in [6, 6.07) is 46.2. The number of para-hydroxylation sites is 2. The fourth-order valence-corrected chi connectivity index (χ4v) is 5.97. The first kappa shape index (κ1) is 31.0. The summed E-state index contributed by atoms with van der Waals surface area (Å²) in [5.41, 5.74) is 8.64. The van der Waals surface area contributed by atoms with Gasteiger partial charge in [-0.3, -0.25) is 9.13 Å². The zero-order valence-corrected chi connectivity index (χ0v) is 28.4. The number of hydrogen-bond donors (Lipinski definition) is 0. The molecule has 0 saturated carbocycles. The molecule has 6 heteroatoms. The van der Waals surface area contributed by atoms with Crippen molar-refractivity contribution in [3.8, 4) is 56.9 Å². The lowest BCUT2D eigenvalue weighted by atomic mass is 9.86. The maximum absolute atomic E-state index is 4.73. The minimum absolute atomic E-state index is 0.0704. The van der Waals surface area contributed by atoms with Crippen LogP contribution in [0, 0.1) is 0 Å². The van der Waals surface area contributed by atoms with E-state index in [1.165, 1.54) is 11.1 Å². The van der Waals surface area contributed by atoms with E-state index in [9.17, 15) is 0 Å². The van der Waals surface area contributed by atoms with Gasteiger partial charge < -0.3 is 0 Å². The summed E-state index contributed by atoms with van der Waals surface area (Å²) in [6.07, 6.45) is 0. The number of hydrogen-bond acceptors (Lipinski definition) is 4. The topological polar surface area (TPSA) is 61.4 Å². The highest BCUT2D eigenvalue weighted by atomic mass is 15.3. The van der Waals surface area contributed by atoms with E-state index >= 15 is 0 Å². The normalized spacial score (nSPS) is 12.0. The van der Waals surface area contributed by atoms with Gasteiger partial charge in [0.05, 0.1) is 0 Å². The molecule has 48 heavy (non-hydrogen) atoms. The quantitative estimate of drug-likeness (QED) is 0.184. The Morgan fingerprint density at radius 3 is 0.833 bits per heavy atom. The lowest BCUT2D eigenvalue weighted by molar-refractivity contribution is 0.590. The van der Waals surface area contributed by atoms with E-state index in [-0.39, 0.29) is 10.8 Å². The molecule has 2 heterocycles. The molecule has 0 radical (unpaired) electrons. The van der Waals surface area contributed by atoms with Crippen LogP contribution in [0.5, 0.6) is 0 Å². The third-order valence-corrected chi connectivity index (χ3v) is 8.77. The highest BCUT2D eigenvalue weighted by Gasteiger charge is 2.21. The molecule has 238 valence electrons. The molecule has 0 bridgehead atoms. The van der Waals surface area contributed by atoms with Crippen molar-refractivity contribution >= 4 is 0 Å². The van der Waals surface area contributed by atoms with Crippen molar-refractivity contribution in [2.24, 2.45) is 0 Å². The molecule has 5 aromatic carbocycles. The first-order valence-corrected chi connectivity index (χ1v) is 16.4. The Bertz CT molecular complexity index is 1990. The Kier molecular flexibility index (Phi) is 7.88. The van der Waals surface area contributed by atoms with Gasteiger partial charge in [0, 0.05) is 33.6 Å². The van der Waals surface area contributed by atoms with Crippen molar-refractivity contribution < 1.29 is 0 Å². The lowest BCUT2D eigenvalue weighted by Crippen LogP contribution is -2.10. The van der Waals surface area contributed by atoms with E-state index in [0.717, 1.165) is 56.9 Å². The Hall–Kier alpha value is -5.62. The van der Waals surface area contributed by atoms with Crippen LogP contribution in [0.15, 0.2) is 133 Å². The fourth-order valence-electron chi connectivity index (χ4n) is 5.97. The van der Waals surface area contributed by atoms with Gasteiger partial charge >= 0.3 is 0 Å². The third-order valence-electron chi connectivity index (χ3n) is 8.77. The predicted molar refractivity (Wildman–Crippen MR) is 195 cm³/mol. The Morgan fingerprint density at radius 1 is 0.333 bits per heavy atom. The Morgan fingerprint density at radius 2 is 0.583 bits per heavy atom. The van der Waals surface area contributed by atoms with Gasteiger partial charge in [-0.2, -0.15) is 0 Å². The SMILES string of the molecule is CC(C)(C)c1ccc(-c2nnc(-c3ccc(-c4nnc(-c5ccc(C(C)(C)C)cc5)n4-c4ccccc4)cc3)n2-c2ccccc2)cc1. The predicted octanol–water partition coefficient (Wildman–Crippen LogP) is 10.1. The van der Waals surface area contributed by atoms with Gasteiger partial charge in [0.1, 0.15) is 0 Å². The van der Waals surface area contributed by atoms with Crippen LogP contribution in [-0.2, 0) is 10.8 Å². The van der Waals surface area contributed by atoms with Gasteiger partial charge in [0.25, 0.3) is 0 Å². The molecule has 0 amide bonds. The summed E-state index contributed by atoms with van der Waals surface area (Å²) in [6.45, 7) is 13.4. The van der Waals surface area contributed by atoms with E-state index in [1.54, 1.807) is 0 Å². The van der Waals surface area contributed by atoms with Crippen molar-refractivity contribution in [1.82, 2.24) is 29.5 Å². The maximum Gasteiger partial charge on any atom is 0.168 e. The molecule has 0 aliphatic rings. The highest BCUT2D eigenvalue weighted by molar-refractivity contribution is 5.71. The molecule has 6 nitrogen and oxygen atoms in total. The molecule has 0 spiro atoms. The maximum atomic E-state index is 4.73. The molecular weight excluding hydrogens is 589 g/mol. The van der Waals surface area contributed by atoms with Crippen LogP contribution in [0.25, 0.3) is 56.9 Å². The summed E-state index contributed by atoms with van der Waals surface area (Å²) >= 11 is 0. The van der Waals surface area contributed by atoms with Gasteiger partial charge in [0.15, 0.2) is 23.3 Å². The van der Waals surface area contributed by atoms with Crippen LogP contribution in [0.2, 0.25) is 0 Å². The van der Waals surface area contributed by atoms with Crippen molar-refractivity contribution in [2.75, 3.05) is 0 Å². The van der Waals surface area contributed by atoms with E-state index < -0.39 is 0 Å². The van der Waals surface area contributed by atoms with Gasteiger partial charge in [-0.05, 0) is 46.2 Å². The standard InChI is InChI=1S/C42H40N6/c1-41(2,3)33-25-21-31(22-26-33)39-45-43-37(47(39)35-13-9-7-10-14-35)29-17-19-30(20-18-29)38-44-46-40(48(38)36-15-11-8-12-16-36)32-23-27-34(28-24-32)42(4,5)6/h7-28H,1-6H3.